The van der Waals surface area contributed by atoms with Gasteiger partial charge >= 0.3 is 6.18 Å². The average molecular weight is 370 g/mol. The van der Waals surface area contributed by atoms with Crippen LogP contribution in [0.1, 0.15) is 19.4 Å². The van der Waals surface area contributed by atoms with Crippen molar-refractivity contribution in [1.29, 1.82) is 0 Å². The van der Waals surface area contributed by atoms with E-state index in [1.807, 2.05) is 0 Å². The van der Waals surface area contributed by atoms with Gasteiger partial charge in [-0.25, -0.2) is 4.98 Å². The van der Waals surface area contributed by atoms with Crippen molar-refractivity contribution in [3.8, 4) is 0 Å². The molecule has 0 aliphatic rings. The molecule has 112 valence electrons. The van der Waals surface area contributed by atoms with Crippen LogP contribution in [0, 0.1) is 5.92 Å². The Kier molecular flexibility index (Phi) is 5.76. The zero-order chi connectivity index (χ0) is 15.5. The summed E-state index contributed by atoms with van der Waals surface area (Å²) in [5.74, 6) is -0.303. The highest BCUT2D eigenvalue weighted by atomic mass is 79.9. The number of hydrogen-bond acceptors (Lipinski definition) is 3. The van der Waals surface area contributed by atoms with Gasteiger partial charge in [-0.2, -0.15) is 13.2 Å². The number of nitrogens with zero attached hydrogens (tertiary/aromatic N) is 2. The molecule has 1 unspecified atom stereocenters. The maximum atomic E-state index is 13.1. The molecule has 1 aromatic rings. The topological polar surface area (TPSA) is 42.1 Å². The molecule has 0 saturated heterocycles. The number of thiocarbonyl (C=S) groups is 1. The number of rotatable bonds is 5. The maximum Gasteiger partial charge on any atom is 0.419 e. The van der Waals surface area contributed by atoms with Crippen molar-refractivity contribution in [3.05, 3.63) is 22.3 Å². The SMILES string of the molecule is CCN(CC(C)C(N)=S)c1ncc(Br)cc1C(F)(F)F. The lowest BCUT2D eigenvalue weighted by Gasteiger charge is -2.27. The molecule has 0 bridgehead atoms. The summed E-state index contributed by atoms with van der Waals surface area (Å²) in [5.41, 5.74) is 4.75. The van der Waals surface area contributed by atoms with E-state index in [-0.39, 0.29) is 21.2 Å². The number of halogens is 4. The summed E-state index contributed by atoms with van der Waals surface area (Å²) in [6, 6.07) is 1.02. The summed E-state index contributed by atoms with van der Waals surface area (Å²) in [6.45, 7) is 4.21. The van der Waals surface area contributed by atoms with Crippen LogP contribution in [-0.4, -0.2) is 23.1 Å². The molecule has 0 amide bonds. The minimum absolute atomic E-state index is 0.105. The molecule has 0 spiro atoms. The first-order chi connectivity index (χ1) is 9.16. The molecule has 0 aromatic carbocycles. The first-order valence-corrected chi connectivity index (χ1v) is 7.14. The minimum atomic E-state index is -4.47. The summed E-state index contributed by atoms with van der Waals surface area (Å²) in [5, 5.41) is 0. The van der Waals surface area contributed by atoms with Crippen LogP contribution >= 0.6 is 28.1 Å². The third-order valence-corrected chi connectivity index (χ3v) is 3.64. The van der Waals surface area contributed by atoms with E-state index in [1.165, 1.54) is 11.1 Å². The number of aromatic nitrogens is 1. The quantitative estimate of drug-likeness (QED) is 0.805. The smallest absolute Gasteiger partial charge is 0.393 e. The van der Waals surface area contributed by atoms with E-state index in [9.17, 15) is 13.2 Å². The molecule has 1 aromatic heterocycles. The van der Waals surface area contributed by atoms with Crippen molar-refractivity contribution in [2.24, 2.45) is 11.7 Å². The third-order valence-electron chi connectivity index (χ3n) is 2.80. The number of anilines is 1. The van der Waals surface area contributed by atoms with Crippen molar-refractivity contribution in [3.63, 3.8) is 0 Å². The molecule has 1 rings (SSSR count). The fourth-order valence-corrected chi connectivity index (χ4v) is 2.08. The highest BCUT2D eigenvalue weighted by molar-refractivity contribution is 9.10. The number of hydrogen-bond donors (Lipinski definition) is 1. The van der Waals surface area contributed by atoms with E-state index >= 15 is 0 Å². The molecular weight excluding hydrogens is 355 g/mol. The van der Waals surface area contributed by atoms with Gasteiger partial charge in [0.1, 0.15) is 5.82 Å². The van der Waals surface area contributed by atoms with Crippen molar-refractivity contribution < 1.29 is 13.2 Å². The first-order valence-electron chi connectivity index (χ1n) is 5.93. The van der Waals surface area contributed by atoms with Gasteiger partial charge in [0.15, 0.2) is 0 Å². The van der Waals surface area contributed by atoms with Crippen LogP contribution in [-0.2, 0) is 6.18 Å². The van der Waals surface area contributed by atoms with E-state index in [2.05, 4.69) is 20.9 Å². The third kappa shape index (κ3) is 4.31. The van der Waals surface area contributed by atoms with E-state index in [0.29, 0.717) is 13.1 Å². The molecule has 8 heteroatoms. The van der Waals surface area contributed by atoms with E-state index in [0.717, 1.165) is 6.07 Å². The first kappa shape index (κ1) is 17.2. The van der Waals surface area contributed by atoms with Gasteiger partial charge in [-0.05, 0) is 28.9 Å². The molecule has 20 heavy (non-hydrogen) atoms. The van der Waals surface area contributed by atoms with Gasteiger partial charge in [0, 0.05) is 29.7 Å². The maximum absolute atomic E-state index is 13.1. The Morgan fingerprint density at radius 2 is 2.15 bits per heavy atom. The lowest BCUT2D eigenvalue weighted by Crippen LogP contribution is -2.35. The summed E-state index contributed by atoms with van der Waals surface area (Å²) in [6.07, 6.45) is -3.12. The Morgan fingerprint density at radius 3 is 2.60 bits per heavy atom. The Balaban J connectivity index is 3.18. The Morgan fingerprint density at radius 1 is 1.55 bits per heavy atom. The average Bonchev–Trinajstić information content (AvgIpc) is 2.34. The largest absolute Gasteiger partial charge is 0.419 e. The predicted octanol–water partition coefficient (Wildman–Crippen LogP) is 3.61. The second-order valence-electron chi connectivity index (χ2n) is 4.36. The van der Waals surface area contributed by atoms with Crippen LogP contribution in [0.25, 0.3) is 0 Å². The van der Waals surface area contributed by atoms with Gasteiger partial charge in [-0.15, -0.1) is 0 Å². The Bertz CT molecular complexity index is 493. The van der Waals surface area contributed by atoms with Crippen LogP contribution in [0.3, 0.4) is 0 Å². The van der Waals surface area contributed by atoms with Crippen LogP contribution in [0.2, 0.25) is 0 Å². The molecule has 0 aliphatic carbocycles. The Hall–Kier alpha value is -0.890. The molecular formula is C12H15BrF3N3S. The number of nitrogens with two attached hydrogens (primary N) is 1. The molecule has 0 radical (unpaired) electrons. The Labute approximate surface area is 129 Å². The van der Waals surface area contributed by atoms with Gasteiger partial charge in [-0.1, -0.05) is 19.1 Å². The van der Waals surface area contributed by atoms with E-state index < -0.39 is 11.7 Å². The predicted molar refractivity (Wildman–Crippen MR) is 80.8 cm³/mol. The summed E-state index contributed by atoms with van der Waals surface area (Å²) >= 11 is 7.87. The summed E-state index contributed by atoms with van der Waals surface area (Å²) < 4.78 is 39.5. The van der Waals surface area contributed by atoms with Crippen LogP contribution in [0.5, 0.6) is 0 Å². The zero-order valence-electron chi connectivity index (χ0n) is 11.0. The van der Waals surface area contributed by atoms with Crippen molar-refractivity contribution in [1.82, 2.24) is 4.98 Å². The van der Waals surface area contributed by atoms with Crippen molar-refractivity contribution >= 4 is 39.0 Å². The van der Waals surface area contributed by atoms with Gasteiger partial charge in [0.05, 0.1) is 10.6 Å². The summed E-state index contributed by atoms with van der Waals surface area (Å²) in [4.78, 5) is 5.70. The van der Waals surface area contributed by atoms with Crippen molar-refractivity contribution in [2.75, 3.05) is 18.0 Å². The number of alkyl halides is 3. The van der Waals surface area contributed by atoms with Crippen LogP contribution < -0.4 is 10.6 Å². The second kappa shape index (κ2) is 6.71. The van der Waals surface area contributed by atoms with Gasteiger partial charge in [0.2, 0.25) is 0 Å². The molecule has 3 nitrogen and oxygen atoms in total. The molecule has 1 heterocycles. The standard InChI is InChI=1S/C12H15BrF3N3S/c1-3-19(6-7(2)10(17)20)11-9(12(14,15)16)4-8(13)5-18-11/h4-5,7H,3,6H2,1-2H3,(H2,17,20). The normalized spacial score (nSPS) is 13.1. The van der Waals surface area contributed by atoms with Crippen LogP contribution in [0.4, 0.5) is 19.0 Å². The van der Waals surface area contributed by atoms with Crippen LogP contribution in [0.15, 0.2) is 16.7 Å². The van der Waals surface area contributed by atoms with Gasteiger partial charge < -0.3 is 10.6 Å². The molecule has 0 fully saturated rings. The van der Waals surface area contributed by atoms with E-state index in [4.69, 9.17) is 18.0 Å². The fraction of sp³-hybridized carbons (Fsp3) is 0.500. The molecule has 1 atom stereocenters. The minimum Gasteiger partial charge on any atom is -0.393 e. The highest BCUT2D eigenvalue weighted by Gasteiger charge is 2.36. The number of pyridine rings is 1. The second-order valence-corrected chi connectivity index (χ2v) is 5.75. The highest BCUT2D eigenvalue weighted by Crippen LogP contribution is 2.37. The van der Waals surface area contributed by atoms with E-state index in [1.54, 1.807) is 13.8 Å². The lowest BCUT2D eigenvalue weighted by atomic mass is 10.1. The molecule has 0 saturated carbocycles. The lowest BCUT2D eigenvalue weighted by molar-refractivity contribution is -0.137. The van der Waals surface area contributed by atoms with Gasteiger partial charge in [-0.3, -0.25) is 0 Å². The fourth-order valence-electron chi connectivity index (χ4n) is 1.68. The monoisotopic (exact) mass is 369 g/mol. The molecule has 2 N–H and O–H groups in total. The summed E-state index contributed by atoms with van der Waals surface area (Å²) in [7, 11) is 0. The zero-order valence-corrected chi connectivity index (χ0v) is 13.4. The van der Waals surface area contributed by atoms with Crippen molar-refractivity contribution in [2.45, 2.75) is 20.0 Å². The van der Waals surface area contributed by atoms with Gasteiger partial charge in [0.25, 0.3) is 0 Å². The molecule has 0 aliphatic heterocycles.